The molecule has 0 aliphatic heterocycles. The zero-order valence-corrected chi connectivity index (χ0v) is 10.2. The van der Waals surface area contributed by atoms with Crippen LogP contribution in [-0.4, -0.2) is 22.3 Å². The Morgan fingerprint density at radius 3 is 2.47 bits per heavy atom. The Bertz CT molecular complexity index is 415. The summed E-state index contributed by atoms with van der Waals surface area (Å²) in [7, 11) is 0. The molecule has 0 bridgehead atoms. The Morgan fingerprint density at radius 2 is 1.94 bits per heavy atom. The van der Waals surface area contributed by atoms with Crippen molar-refractivity contribution >= 4 is 17.6 Å². The summed E-state index contributed by atoms with van der Waals surface area (Å²) in [5.74, 6) is -0.952. The average Bonchev–Trinajstić information content (AvgIpc) is 2.31. The number of hydrogen-bond acceptors (Lipinski definition) is 2. The molecule has 17 heavy (non-hydrogen) atoms. The van der Waals surface area contributed by atoms with Crippen LogP contribution in [0.1, 0.15) is 31.2 Å². The third-order valence-electron chi connectivity index (χ3n) is 3.61. The van der Waals surface area contributed by atoms with Gasteiger partial charge in [0.25, 0.3) is 0 Å². The van der Waals surface area contributed by atoms with Gasteiger partial charge in [0.2, 0.25) is 0 Å². The van der Waals surface area contributed by atoms with Gasteiger partial charge in [0, 0.05) is 5.02 Å². The van der Waals surface area contributed by atoms with Crippen LogP contribution >= 0.6 is 11.6 Å². The Balaban J connectivity index is 2.46. The first kappa shape index (κ1) is 12.4. The van der Waals surface area contributed by atoms with E-state index in [0.29, 0.717) is 23.4 Å². The van der Waals surface area contributed by atoms with Gasteiger partial charge >= 0.3 is 5.97 Å². The molecule has 1 aliphatic rings. The lowest BCUT2D eigenvalue weighted by atomic mass is 9.67. The lowest BCUT2D eigenvalue weighted by Gasteiger charge is -2.38. The Hall–Kier alpha value is -1.06. The zero-order chi connectivity index (χ0) is 12.5. The highest BCUT2D eigenvalue weighted by atomic mass is 35.5. The fraction of sp³-hybridized carbons (Fsp3) is 0.462. The molecule has 1 fully saturated rings. The molecule has 0 saturated heterocycles. The number of carboxylic acid groups (broad SMARTS) is 1. The van der Waals surface area contributed by atoms with Gasteiger partial charge in [0.1, 0.15) is 5.41 Å². The average molecular weight is 255 g/mol. The molecule has 0 unspecified atom stereocenters. The molecule has 3 nitrogen and oxygen atoms in total. The number of aliphatic carboxylic acids is 1. The lowest BCUT2D eigenvalue weighted by molar-refractivity contribution is -0.151. The molecule has 92 valence electrons. The molecule has 4 heteroatoms. The van der Waals surface area contributed by atoms with E-state index in [1.807, 2.05) is 0 Å². The molecule has 1 aromatic carbocycles. The summed E-state index contributed by atoms with van der Waals surface area (Å²) >= 11 is 5.80. The minimum atomic E-state index is -1.16. The number of aliphatic hydroxyl groups is 1. The quantitative estimate of drug-likeness (QED) is 0.853. The van der Waals surface area contributed by atoms with Crippen molar-refractivity contribution in [2.24, 2.45) is 0 Å². The minimum absolute atomic E-state index is 0.477. The van der Waals surface area contributed by atoms with Crippen LogP contribution in [0.5, 0.6) is 0 Å². The number of carboxylic acids is 1. The van der Waals surface area contributed by atoms with Gasteiger partial charge in [-0.05, 0) is 30.5 Å². The fourth-order valence-corrected chi connectivity index (χ4v) is 2.74. The van der Waals surface area contributed by atoms with Gasteiger partial charge < -0.3 is 10.2 Å². The molecular formula is C13H15ClO3. The summed E-state index contributed by atoms with van der Waals surface area (Å²) in [5.41, 5.74) is -0.523. The first-order valence-corrected chi connectivity index (χ1v) is 6.12. The molecule has 2 rings (SSSR count). The van der Waals surface area contributed by atoms with E-state index in [4.69, 9.17) is 11.6 Å². The van der Waals surface area contributed by atoms with E-state index in [2.05, 4.69) is 0 Å². The minimum Gasteiger partial charge on any atom is -0.481 e. The van der Waals surface area contributed by atoms with E-state index in [0.717, 1.165) is 12.8 Å². The van der Waals surface area contributed by atoms with Crippen molar-refractivity contribution in [3.63, 3.8) is 0 Å². The van der Waals surface area contributed by atoms with E-state index in [1.54, 1.807) is 24.3 Å². The first-order chi connectivity index (χ1) is 8.07. The molecule has 0 spiro atoms. The summed E-state index contributed by atoms with van der Waals surface area (Å²) in [4.78, 5) is 11.6. The predicted molar refractivity (Wildman–Crippen MR) is 65.2 cm³/mol. The standard InChI is InChI=1S/C13H15ClO3/c14-10-6-4-9(5-7-10)13(12(16)17)8-2-1-3-11(13)15/h4-7,11,15H,1-3,8H2,(H,16,17)/t11-,13+/m1/s1. The van der Waals surface area contributed by atoms with E-state index >= 15 is 0 Å². The molecule has 1 aromatic rings. The van der Waals surface area contributed by atoms with Crippen LogP contribution in [0.15, 0.2) is 24.3 Å². The second-order valence-corrected chi connectivity index (χ2v) is 4.98. The van der Waals surface area contributed by atoms with E-state index in [1.165, 1.54) is 0 Å². The number of rotatable bonds is 2. The van der Waals surface area contributed by atoms with Crippen molar-refractivity contribution in [1.29, 1.82) is 0 Å². The van der Waals surface area contributed by atoms with E-state index < -0.39 is 17.5 Å². The van der Waals surface area contributed by atoms with Crippen molar-refractivity contribution in [1.82, 2.24) is 0 Å². The Morgan fingerprint density at radius 1 is 1.29 bits per heavy atom. The van der Waals surface area contributed by atoms with Crippen molar-refractivity contribution in [2.75, 3.05) is 0 Å². The van der Waals surface area contributed by atoms with Gasteiger partial charge in [-0.1, -0.05) is 36.6 Å². The number of carbonyl (C=O) groups is 1. The van der Waals surface area contributed by atoms with Crippen LogP contribution in [0.3, 0.4) is 0 Å². The maximum Gasteiger partial charge on any atom is 0.316 e. The van der Waals surface area contributed by atoms with Crippen molar-refractivity contribution < 1.29 is 15.0 Å². The largest absolute Gasteiger partial charge is 0.481 e. The van der Waals surface area contributed by atoms with Gasteiger partial charge in [0.15, 0.2) is 0 Å². The van der Waals surface area contributed by atoms with Crippen LogP contribution < -0.4 is 0 Å². The number of benzene rings is 1. The molecule has 2 atom stereocenters. The van der Waals surface area contributed by atoms with Crippen molar-refractivity contribution in [2.45, 2.75) is 37.2 Å². The van der Waals surface area contributed by atoms with Crippen molar-refractivity contribution in [3.8, 4) is 0 Å². The normalized spacial score (nSPS) is 28.9. The van der Waals surface area contributed by atoms with E-state index in [9.17, 15) is 15.0 Å². The highest BCUT2D eigenvalue weighted by Crippen LogP contribution is 2.40. The van der Waals surface area contributed by atoms with Gasteiger partial charge in [-0.3, -0.25) is 4.79 Å². The molecule has 0 aromatic heterocycles. The zero-order valence-electron chi connectivity index (χ0n) is 9.40. The SMILES string of the molecule is O=C(O)[C@]1(c2ccc(Cl)cc2)CCCC[C@H]1O. The number of halogens is 1. The second-order valence-electron chi connectivity index (χ2n) is 4.54. The number of aliphatic hydroxyl groups excluding tert-OH is 1. The summed E-state index contributed by atoms with van der Waals surface area (Å²) in [5, 5.41) is 20.2. The monoisotopic (exact) mass is 254 g/mol. The maximum atomic E-state index is 11.6. The first-order valence-electron chi connectivity index (χ1n) is 5.75. The molecule has 2 N–H and O–H groups in total. The van der Waals surface area contributed by atoms with Gasteiger partial charge in [-0.25, -0.2) is 0 Å². The Kier molecular flexibility index (Phi) is 3.40. The summed E-state index contributed by atoms with van der Waals surface area (Å²) in [6.07, 6.45) is 1.89. The highest BCUT2D eigenvalue weighted by molar-refractivity contribution is 6.30. The fourth-order valence-electron chi connectivity index (χ4n) is 2.61. The summed E-state index contributed by atoms with van der Waals surface area (Å²) in [6.45, 7) is 0. The van der Waals surface area contributed by atoms with E-state index in [-0.39, 0.29) is 0 Å². The number of hydrogen-bond donors (Lipinski definition) is 2. The molecule has 0 amide bonds. The third kappa shape index (κ3) is 2.05. The van der Waals surface area contributed by atoms with Crippen molar-refractivity contribution in [3.05, 3.63) is 34.9 Å². The predicted octanol–water partition coefficient (Wildman–Crippen LogP) is 2.60. The summed E-state index contributed by atoms with van der Waals surface area (Å²) in [6, 6.07) is 6.74. The maximum absolute atomic E-state index is 11.6. The van der Waals surface area contributed by atoms with Crippen LogP contribution in [0.25, 0.3) is 0 Å². The smallest absolute Gasteiger partial charge is 0.316 e. The van der Waals surface area contributed by atoms with Crippen LogP contribution in [0, 0.1) is 0 Å². The van der Waals surface area contributed by atoms with Crippen LogP contribution in [0.2, 0.25) is 5.02 Å². The Labute approximate surface area is 105 Å². The van der Waals surface area contributed by atoms with Gasteiger partial charge in [-0.2, -0.15) is 0 Å². The molecule has 1 aliphatic carbocycles. The summed E-state index contributed by atoms with van der Waals surface area (Å²) < 4.78 is 0. The second kappa shape index (κ2) is 4.67. The molecule has 1 saturated carbocycles. The van der Waals surface area contributed by atoms with Crippen LogP contribution in [0.4, 0.5) is 0 Å². The van der Waals surface area contributed by atoms with Crippen LogP contribution in [-0.2, 0) is 10.2 Å². The molecular weight excluding hydrogens is 240 g/mol. The third-order valence-corrected chi connectivity index (χ3v) is 3.86. The topological polar surface area (TPSA) is 57.5 Å². The van der Waals surface area contributed by atoms with Gasteiger partial charge in [-0.15, -0.1) is 0 Å². The lowest BCUT2D eigenvalue weighted by Crippen LogP contribution is -2.48. The van der Waals surface area contributed by atoms with Gasteiger partial charge in [0.05, 0.1) is 6.10 Å². The molecule has 0 radical (unpaired) electrons. The highest BCUT2D eigenvalue weighted by Gasteiger charge is 2.48. The molecule has 0 heterocycles.